The van der Waals surface area contributed by atoms with Gasteiger partial charge in [-0.1, -0.05) is 42.5 Å². The lowest BCUT2D eigenvalue weighted by Crippen LogP contribution is -2.41. The molecule has 1 aliphatic rings. The first-order chi connectivity index (χ1) is 16.4. The van der Waals surface area contributed by atoms with Crippen molar-refractivity contribution in [2.45, 2.75) is 17.9 Å². The van der Waals surface area contributed by atoms with Crippen LogP contribution in [-0.4, -0.2) is 32.6 Å². The number of amides is 2. The van der Waals surface area contributed by atoms with E-state index in [-0.39, 0.29) is 23.7 Å². The van der Waals surface area contributed by atoms with Crippen molar-refractivity contribution in [2.75, 3.05) is 6.54 Å². The van der Waals surface area contributed by atoms with Crippen molar-refractivity contribution in [1.29, 1.82) is 0 Å². The van der Waals surface area contributed by atoms with Gasteiger partial charge in [-0.15, -0.1) is 0 Å². The Bertz CT molecular complexity index is 1320. The highest BCUT2D eigenvalue weighted by molar-refractivity contribution is 7.90. The van der Waals surface area contributed by atoms with Gasteiger partial charge in [0.25, 0.3) is 15.9 Å². The normalized spacial score (nSPS) is 14.6. The maximum absolute atomic E-state index is 12.3. The standard InChI is InChI=1S/C24H22N4O5S/c29-22(14-15-25-23-20-8-4-5-9-21(20)34(31,32)28-23)26-27-24(30)18-12-10-17(11-13-18)16-33-19-6-2-1-3-7-19/h1-13H,14-16H2,(H,25,28)(H,26,29)(H,27,30). The Morgan fingerprint density at radius 1 is 0.882 bits per heavy atom. The number of rotatable bonds is 7. The number of sulfonamides is 1. The second kappa shape index (κ2) is 10.2. The predicted octanol–water partition coefficient (Wildman–Crippen LogP) is 2.16. The Morgan fingerprint density at radius 2 is 1.59 bits per heavy atom. The average molecular weight is 479 g/mol. The van der Waals surface area contributed by atoms with Crippen LogP contribution >= 0.6 is 0 Å². The third kappa shape index (κ3) is 5.59. The van der Waals surface area contributed by atoms with Crippen LogP contribution < -0.4 is 20.3 Å². The molecule has 10 heteroatoms. The smallest absolute Gasteiger partial charge is 0.269 e. The highest BCUT2D eigenvalue weighted by atomic mass is 32.2. The number of nitrogens with one attached hydrogen (secondary N) is 3. The summed E-state index contributed by atoms with van der Waals surface area (Å²) >= 11 is 0. The minimum Gasteiger partial charge on any atom is -0.489 e. The van der Waals surface area contributed by atoms with E-state index in [0.29, 0.717) is 17.7 Å². The van der Waals surface area contributed by atoms with Gasteiger partial charge < -0.3 is 4.74 Å². The van der Waals surface area contributed by atoms with Crippen LogP contribution in [0.1, 0.15) is 27.9 Å². The molecule has 1 heterocycles. The van der Waals surface area contributed by atoms with Gasteiger partial charge in [0.2, 0.25) is 5.91 Å². The number of carbonyl (C=O) groups is 2. The molecule has 0 spiro atoms. The number of aliphatic imine (C=N–C) groups is 1. The van der Waals surface area contributed by atoms with Crippen LogP contribution in [0.4, 0.5) is 0 Å². The number of carbonyl (C=O) groups excluding carboxylic acids is 2. The number of benzene rings is 3. The monoisotopic (exact) mass is 478 g/mol. The fourth-order valence-corrected chi connectivity index (χ4v) is 4.47. The summed E-state index contributed by atoms with van der Waals surface area (Å²) in [7, 11) is -3.62. The van der Waals surface area contributed by atoms with Crippen molar-refractivity contribution in [3.8, 4) is 5.75 Å². The number of amidine groups is 1. The van der Waals surface area contributed by atoms with Crippen LogP contribution in [0.5, 0.6) is 5.75 Å². The summed E-state index contributed by atoms with van der Waals surface area (Å²) in [6, 6.07) is 22.7. The maximum atomic E-state index is 12.3. The Morgan fingerprint density at radius 3 is 2.35 bits per heavy atom. The number of ether oxygens (including phenoxy) is 1. The van der Waals surface area contributed by atoms with Gasteiger partial charge in [-0.25, -0.2) is 8.42 Å². The lowest BCUT2D eigenvalue weighted by atomic mass is 10.1. The van der Waals surface area contributed by atoms with E-state index in [4.69, 9.17) is 4.74 Å². The number of nitrogens with zero attached hydrogens (tertiary/aromatic N) is 1. The van der Waals surface area contributed by atoms with Gasteiger partial charge >= 0.3 is 0 Å². The lowest BCUT2D eigenvalue weighted by Gasteiger charge is -2.09. The van der Waals surface area contributed by atoms with Gasteiger partial charge in [-0.05, 0) is 42.0 Å². The highest BCUT2D eigenvalue weighted by Gasteiger charge is 2.29. The van der Waals surface area contributed by atoms with E-state index >= 15 is 0 Å². The zero-order chi connectivity index (χ0) is 24.0. The van der Waals surface area contributed by atoms with E-state index in [1.165, 1.54) is 6.07 Å². The molecule has 34 heavy (non-hydrogen) atoms. The summed E-state index contributed by atoms with van der Waals surface area (Å²) in [5.74, 6) is 0.0304. The molecule has 3 aromatic rings. The second-order valence-electron chi connectivity index (χ2n) is 7.38. The first kappa shape index (κ1) is 23.0. The topological polar surface area (TPSA) is 126 Å². The van der Waals surface area contributed by atoms with E-state index in [1.54, 1.807) is 42.5 Å². The minimum atomic E-state index is -3.62. The molecular weight excluding hydrogens is 456 g/mol. The Hall–Kier alpha value is -4.18. The summed E-state index contributed by atoms with van der Waals surface area (Å²) in [6.45, 7) is 0.412. The summed E-state index contributed by atoms with van der Waals surface area (Å²) in [4.78, 5) is 28.7. The third-order valence-electron chi connectivity index (χ3n) is 4.95. The molecule has 0 fully saturated rings. The first-order valence-corrected chi connectivity index (χ1v) is 11.9. The molecule has 174 valence electrons. The minimum absolute atomic E-state index is 0.0383. The third-order valence-corrected chi connectivity index (χ3v) is 6.35. The lowest BCUT2D eigenvalue weighted by molar-refractivity contribution is -0.121. The molecule has 0 atom stereocenters. The van der Waals surface area contributed by atoms with Gasteiger partial charge in [0.1, 0.15) is 18.2 Å². The number of hydrogen-bond donors (Lipinski definition) is 3. The van der Waals surface area contributed by atoms with Crippen molar-refractivity contribution >= 4 is 27.7 Å². The van der Waals surface area contributed by atoms with Crippen molar-refractivity contribution < 1.29 is 22.7 Å². The molecule has 2 amide bonds. The molecule has 0 aliphatic carbocycles. The zero-order valence-electron chi connectivity index (χ0n) is 18.0. The number of para-hydroxylation sites is 1. The number of hydrogen-bond acceptors (Lipinski definition) is 6. The Balaban J connectivity index is 1.23. The van der Waals surface area contributed by atoms with E-state index in [0.717, 1.165) is 11.3 Å². The van der Waals surface area contributed by atoms with Crippen LogP contribution in [0.15, 0.2) is 88.8 Å². The molecule has 0 saturated heterocycles. The summed E-state index contributed by atoms with van der Waals surface area (Å²) < 4.78 is 32.2. The molecule has 1 aliphatic heterocycles. The molecule has 3 N–H and O–H groups in total. The fraction of sp³-hybridized carbons (Fsp3) is 0.125. The Kier molecular flexibility index (Phi) is 6.88. The van der Waals surface area contributed by atoms with Crippen LogP contribution in [0.25, 0.3) is 0 Å². The molecule has 3 aromatic carbocycles. The molecule has 0 radical (unpaired) electrons. The molecule has 0 bridgehead atoms. The summed E-state index contributed by atoms with van der Waals surface area (Å²) in [6.07, 6.45) is -0.0383. The second-order valence-corrected chi connectivity index (χ2v) is 9.03. The number of fused-ring (bicyclic) bond motifs is 1. The zero-order valence-corrected chi connectivity index (χ0v) is 18.8. The van der Waals surface area contributed by atoms with Crippen molar-refractivity contribution in [3.05, 3.63) is 95.6 Å². The summed E-state index contributed by atoms with van der Waals surface area (Å²) in [5.41, 5.74) is 6.42. The van der Waals surface area contributed by atoms with Crippen molar-refractivity contribution in [3.63, 3.8) is 0 Å². The fourth-order valence-electron chi connectivity index (χ4n) is 3.22. The van der Waals surface area contributed by atoms with E-state index in [2.05, 4.69) is 20.6 Å². The summed E-state index contributed by atoms with van der Waals surface area (Å²) in [5, 5.41) is 0. The van der Waals surface area contributed by atoms with Gasteiger partial charge in [0, 0.05) is 17.5 Å². The predicted molar refractivity (Wildman–Crippen MR) is 126 cm³/mol. The average Bonchev–Trinajstić information content (AvgIpc) is 3.12. The molecular formula is C24H22N4O5S. The van der Waals surface area contributed by atoms with Gasteiger partial charge in [0.05, 0.1) is 11.4 Å². The quantitative estimate of drug-likeness (QED) is 0.449. The largest absolute Gasteiger partial charge is 0.489 e. The molecule has 9 nitrogen and oxygen atoms in total. The first-order valence-electron chi connectivity index (χ1n) is 10.4. The molecule has 0 saturated carbocycles. The van der Waals surface area contributed by atoms with Gasteiger partial charge in [-0.3, -0.25) is 30.2 Å². The van der Waals surface area contributed by atoms with Crippen LogP contribution in [-0.2, 0) is 21.4 Å². The van der Waals surface area contributed by atoms with Gasteiger partial charge in [0.15, 0.2) is 0 Å². The van der Waals surface area contributed by atoms with Crippen molar-refractivity contribution in [1.82, 2.24) is 15.6 Å². The van der Waals surface area contributed by atoms with E-state index in [1.807, 2.05) is 30.3 Å². The molecule has 4 rings (SSSR count). The Labute approximate surface area is 196 Å². The van der Waals surface area contributed by atoms with Crippen LogP contribution in [0.2, 0.25) is 0 Å². The molecule has 0 aromatic heterocycles. The number of hydrazine groups is 1. The maximum Gasteiger partial charge on any atom is 0.269 e. The van der Waals surface area contributed by atoms with E-state index < -0.39 is 21.8 Å². The van der Waals surface area contributed by atoms with Crippen LogP contribution in [0, 0.1) is 0 Å². The highest BCUT2D eigenvalue weighted by Crippen LogP contribution is 2.22. The SMILES string of the molecule is O=C(CCN=C1NS(=O)(=O)c2ccccc21)NNC(=O)c1ccc(COc2ccccc2)cc1. The van der Waals surface area contributed by atoms with Crippen LogP contribution in [0.3, 0.4) is 0 Å². The van der Waals surface area contributed by atoms with Gasteiger partial charge in [-0.2, -0.15) is 0 Å². The molecule has 0 unspecified atom stereocenters. The van der Waals surface area contributed by atoms with E-state index in [9.17, 15) is 18.0 Å². The van der Waals surface area contributed by atoms with Crippen molar-refractivity contribution in [2.24, 2.45) is 4.99 Å².